The first-order chi connectivity index (χ1) is 12.5. The molecule has 0 unspecified atom stereocenters. The molecule has 2 bridgehead atoms. The Balaban J connectivity index is 1.37. The van der Waals surface area contributed by atoms with Crippen molar-refractivity contribution in [1.29, 1.82) is 0 Å². The molecule has 1 amide bonds. The molecule has 1 aromatic rings. The van der Waals surface area contributed by atoms with E-state index in [9.17, 15) is 14.7 Å². The lowest BCUT2D eigenvalue weighted by molar-refractivity contribution is -0.150. The van der Waals surface area contributed by atoms with Crippen molar-refractivity contribution in [1.82, 2.24) is 9.80 Å². The number of ether oxygens (including phenoxy) is 1. The number of carboxylic acids is 1. The third-order valence-corrected chi connectivity index (χ3v) is 5.87. The minimum absolute atomic E-state index is 0.105. The fourth-order valence-corrected chi connectivity index (χ4v) is 4.30. The quantitative estimate of drug-likeness (QED) is 0.809. The molecule has 0 saturated carbocycles. The Morgan fingerprint density at radius 1 is 1.08 bits per heavy atom. The Morgan fingerprint density at radius 3 is 2.38 bits per heavy atom. The number of hydrogen-bond acceptors (Lipinski definition) is 4. The molecule has 2 fully saturated rings. The number of halogens is 1. The zero-order valence-electron chi connectivity index (χ0n) is 14.3. The molecule has 3 aliphatic heterocycles. The van der Waals surface area contributed by atoms with Gasteiger partial charge in [0.05, 0.1) is 18.1 Å². The molecule has 4 atom stereocenters. The van der Waals surface area contributed by atoms with E-state index in [0.717, 1.165) is 30.2 Å². The predicted molar refractivity (Wildman–Crippen MR) is 95.7 cm³/mol. The Kier molecular flexibility index (Phi) is 4.73. The minimum Gasteiger partial charge on any atom is -0.481 e. The fourth-order valence-electron chi connectivity index (χ4n) is 4.10. The summed E-state index contributed by atoms with van der Waals surface area (Å²) in [5, 5.41) is 10.2. The molecule has 138 valence electrons. The van der Waals surface area contributed by atoms with Gasteiger partial charge in [-0.1, -0.05) is 42.0 Å². The first-order valence-electron chi connectivity index (χ1n) is 8.86. The number of nitrogens with zero attached hydrogens (tertiary/aromatic N) is 2. The second-order valence-electron chi connectivity index (χ2n) is 7.03. The molecule has 4 rings (SSSR count). The number of carbonyl (C=O) groups is 2. The van der Waals surface area contributed by atoms with Crippen molar-refractivity contribution in [3.63, 3.8) is 0 Å². The number of carbonyl (C=O) groups excluding carboxylic acids is 1. The highest BCUT2D eigenvalue weighted by Gasteiger charge is 2.54. The van der Waals surface area contributed by atoms with E-state index in [1.165, 1.54) is 0 Å². The molecule has 0 spiro atoms. The SMILES string of the molecule is O=C(O)[C@H]1[C@@H](C(=O)N2CCN(Cc3ccccc3Cl)CC2)[C@H]2C=C[C@H]1O2. The van der Waals surface area contributed by atoms with Crippen LogP contribution in [0, 0.1) is 11.8 Å². The van der Waals surface area contributed by atoms with Gasteiger partial charge in [0.2, 0.25) is 5.91 Å². The van der Waals surface area contributed by atoms with Crippen molar-refractivity contribution in [3.05, 3.63) is 47.0 Å². The van der Waals surface area contributed by atoms with Crippen LogP contribution < -0.4 is 0 Å². The second-order valence-corrected chi connectivity index (χ2v) is 7.44. The Morgan fingerprint density at radius 2 is 1.73 bits per heavy atom. The van der Waals surface area contributed by atoms with Gasteiger partial charge in [-0.3, -0.25) is 14.5 Å². The van der Waals surface area contributed by atoms with Gasteiger partial charge in [0.1, 0.15) is 5.92 Å². The lowest BCUT2D eigenvalue weighted by atomic mass is 9.82. The van der Waals surface area contributed by atoms with Crippen LogP contribution in [0.15, 0.2) is 36.4 Å². The Hall–Kier alpha value is -1.89. The maximum atomic E-state index is 12.9. The van der Waals surface area contributed by atoms with E-state index in [1.807, 2.05) is 30.3 Å². The second kappa shape index (κ2) is 7.02. The molecule has 0 radical (unpaired) electrons. The predicted octanol–water partition coefficient (Wildman–Crippen LogP) is 1.64. The van der Waals surface area contributed by atoms with Crippen molar-refractivity contribution in [3.8, 4) is 0 Å². The standard InChI is InChI=1S/C19H21ClN2O4/c20-13-4-2-1-3-12(13)11-21-7-9-22(10-8-21)18(23)16-14-5-6-15(26-14)17(16)19(24)25/h1-6,14-17H,7-11H2,(H,24,25)/t14-,15-,16+,17-/m1/s1. The first-order valence-corrected chi connectivity index (χ1v) is 9.23. The first kappa shape index (κ1) is 17.5. The highest BCUT2D eigenvalue weighted by Crippen LogP contribution is 2.40. The van der Waals surface area contributed by atoms with Gasteiger partial charge in [-0.15, -0.1) is 0 Å². The van der Waals surface area contributed by atoms with E-state index in [-0.39, 0.29) is 5.91 Å². The normalized spacial score (nSPS) is 30.7. The zero-order valence-corrected chi connectivity index (χ0v) is 15.0. The molecule has 3 aliphatic rings. The largest absolute Gasteiger partial charge is 0.481 e. The van der Waals surface area contributed by atoms with Gasteiger partial charge in [0, 0.05) is 37.7 Å². The van der Waals surface area contributed by atoms with Crippen LogP contribution in [0.25, 0.3) is 0 Å². The van der Waals surface area contributed by atoms with Crippen LogP contribution in [0.1, 0.15) is 5.56 Å². The summed E-state index contributed by atoms with van der Waals surface area (Å²) < 4.78 is 5.62. The van der Waals surface area contributed by atoms with Crippen LogP contribution in [0.5, 0.6) is 0 Å². The Bertz CT molecular complexity index is 745. The average Bonchev–Trinajstić information content (AvgIpc) is 3.25. The average molecular weight is 377 g/mol. The summed E-state index contributed by atoms with van der Waals surface area (Å²) in [6, 6.07) is 7.77. The van der Waals surface area contributed by atoms with Gasteiger partial charge < -0.3 is 14.7 Å². The summed E-state index contributed by atoms with van der Waals surface area (Å²) in [6.07, 6.45) is 2.69. The maximum absolute atomic E-state index is 12.9. The summed E-state index contributed by atoms with van der Waals surface area (Å²) in [5.41, 5.74) is 1.08. The van der Waals surface area contributed by atoms with Crippen LogP contribution >= 0.6 is 11.6 Å². The topological polar surface area (TPSA) is 70.1 Å². The number of fused-ring (bicyclic) bond motifs is 2. The van der Waals surface area contributed by atoms with Crippen molar-refractivity contribution >= 4 is 23.5 Å². The number of rotatable bonds is 4. The summed E-state index contributed by atoms with van der Waals surface area (Å²) in [7, 11) is 0. The lowest BCUT2D eigenvalue weighted by Crippen LogP contribution is -2.52. The van der Waals surface area contributed by atoms with Crippen LogP contribution in [-0.2, 0) is 20.9 Å². The fraction of sp³-hybridized carbons (Fsp3) is 0.474. The minimum atomic E-state index is -0.961. The third kappa shape index (κ3) is 3.13. The number of benzene rings is 1. The van der Waals surface area contributed by atoms with Crippen LogP contribution in [-0.4, -0.2) is 65.2 Å². The summed E-state index contributed by atoms with van der Waals surface area (Å²) in [6.45, 7) is 3.41. The van der Waals surface area contributed by atoms with E-state index in [0.29, 0.717) is 13.1 Å². The molecule has 6 nitrogen and oxygen atoms in total. The molecular formula is C19H21ClN2O4. The summed E-state index contributed by atoms with van der Waals surface area (Å²) in [4.78, 5) is 28.5. The van der Waals surface area contributed by atoms with E-state index in [4.69, 9.17) is 16.3 Å². The molecular weight excluding hydrogens is 356 g/mol. The van der Waals surface area contributed by atoms with Gasteiger partial charge in [0.15, 0.2) is 0 Å². The van der Waals surface area contributed by atoms with Gasteiger partial charge >= 0.3 is 5.97 Å². The van der Waals surface area contributed by atoms with E-state index in [2.05, 4.69) is 4.90 Å². The molecule has 0 aromatic heterocycles. The van der Waals surface area contributed by atoms with Crippen molar-refractivity contribution < 1.29 is 19.4 Å². The molecule has 1 N–H and O–H groups in total. The molecule has 3 heterocycles. The number of hydrogen-bond donors (Lipinski definition) is 1. The number of amides is 1. The lowest BCUT2D eigenvalue weighted by Gasteiger charge is -2.37. The molecule has 26 heavy (non-hydrogen) atoms. The zero-order chi connectivity index (χ0) is 18.3. The van der Waals surface area contributed by atoms with Gasteiger partial charge in [0.25, 0.3) is 0 Å². The molecule has 7 heteroatoms. The van der Waals surface area contributed by atoms with Gasteiger partial charge in [-0.25, -0.2) is 0 Å². The van der Waals surface area contributed by atoms with Gasteiger partial charge in [-0.05, 0) is 11.6 Å². The highest BCUT2D eigenvalue weighted by molar-refractivity contribution is 6.31. The highest BCUT2D eigenvalue weighted by atomic mass is 35.5. The summed E-state index contributed by atoms with van der Waals surface area (Å²) in [5.74, 6) is -2.46. The summed E-state index contributed by atoms with van der Waals surface area (Å²) >= 11 is 6.22. The van der Waals surface area contributed by atoms with Crippen LogP contribution in [0.4, 0.5) is 0 Å². The number of carboxylic acid groups (broad SMARTS) is 1. The van der Waals surface area contributed by atoms with Crippen molar-refractivity contribution in [2.45, 2.75) is 18.8 Å². The smallest absolute Gasteiger partial charge is 0.310 e. The molecule has 1 aromatic carbocycles. The monoisotopic (exact) mass is 376 g/mol. The third-order valence-electron chi connectivity index (χ3n) is 5.51. The van der Waals surface area contributed by atoms with Crippen LogP contribution in [0.3, 0.4) is 0 Å². The van der Waals surface area contributed by atoms with Gasteiger partial charge in [-0.2, -0.15) is 0 Å². The Labute approximate surface area is 157 Å². The maximum Gasteiger partial charge on any atom is 0.310 e. The van der Waals surface area contributed by atoms with Crippen molar-refractivity contribution in [2.24, 2.45) is 11.8 Å². The van der Waals surface area contributed by atoms with Crippen LogP contribution in [0.2, 0.25) is 5.02 Å². The van der Waals surface area contributed by atoms with Crippen molar-refractivity contribution in [2.75, 3.05) is 26.2 Å². The number of piperazine rings is 1. The van der Waals surface area contributed by atoms with E-state index >= 15 is 0 Å². The molecule has 0 aliphatic carbocycles. The van der Waals surface area contributed by atoms with E-state index < -0.39 is 30.0 Å². The molecule has 2 saturated heterocycles. The van der Waals surface area contributed by atoms with E-state index in [1.54, 1.807) is 11.0 Å². The number of aliphatic carboxylic acids is 1.